The SMILES string of the molecule is COc1ccc2c(n1)OC1(CCOCC1)CN(Cc1ccccc1C)S2(=O)=O. The predicted molar refractivity (Wildman–Crippen MR) is 103 cm³/mol. The number of aryl methyl sites for hydroxylation is 1. The molecule has 150 valence electrons. The van der Waals surface area contributed by atoms with Crippen molar-refractivity contribution in [2.45, 2.75) is 36.8 Å². The smallest absolute Gasteiger partial charge is 0.248 e. The first-order valence-corrected chi connectivity index (χ1v) is 10.7. The zero-order valence-electron chi connectivity index (χ0n) is 16.1. The molecule has 0 unspecified atom stereocenters. The molecule has 2 aromatic rings. The van der Waals surface area contributed by atoms with Crippen molar-refractivity contribution in [2.75, 3.05) is 26.9 Å². The maximum absolute atomic E-state index is 13.5. The first kappa shape index (κ1) is 19.2. The van der Waals surface area contributed by atoms with Crippen LogP contribution in [0.3, 0.4) is 0 Å². The van der Waals surface area contributed by atoms with Gasteiger partial charge in [-0.2, -0.15) is 9.29 Å². The van der Waals surface area contributed by atoms with Gasteiger partial charge in [-0.05, 0) is 24.1 Å². The molecule has 0 amide bonds. The van der Waals surface area contributed by atoms with Crippen LogP contribution in [0.15, 0.2) is 41.3 Å². The molecule has 8 heteroatoms. The van der Waals surface area contributed by atoms with Crippen LogP contribution in [0.2, 0.25) is 0 Å². The molecule has 2 aliphatic rings. The Morgan fingerprint density at radius 1 is 1.18 bits per heavy atom. The van der Waals surface area contributed by atoms with Crippen molar-refractivity contribution < 1.29 is 22.6 Å². The zero-order valence-corrected chi connectivity index (χ0v) is 16.9. The van der Waals surface area contributed by atoms with E-state index in [-0.39, 0.29) is 23.9 Å². The summed E-state index contributed by atoms with van der Waals surface area (Å²) in [5.74, 6) is 0.428. The van der Waals surface area contributed by atoms with E-state index < -0.39 is 15.6 Å². The molecule has 4 rings (SSSR count). The van der Waals surface area contributed by atoms with Gasteiger partial charge in [0.2, 0.25) is 21.8 Å². The molecule has 1 aromatic heterocycles. The fraction of sp³-hybridized carbons (Fsp3) is 0.450. The van der Waals surface area contributed by atoms with Crippen molar-refractivity contribution in [1.29, 1.82) is 0 Å². The van der Waals surface area contributed by atoms with E-state index in [1.165, 1.54) is 17.5 Å². The summed E-state index contributed by atoms with van der Waals surface area (Å²) in [4.78, 5) is 4.38. The van der Waals surface area contributed by atoms with Gasteiger partial charge < -0.3 is 14.2 Å². The highest BCUT2D eigenvalue weighted by molar-refractivity contribution is 7.89. The van der Waals surface area contributed by atoms with E-state index in [1.54, 1.807) is 6.07 Å². The van der Waals surface area contributed by atoms with Crippen LogP contribution in [0.4, 0.5) is 0 Å². The van der Waals surface area contributed by atoms with Gasteiger partial charge in [-0.1, -0.05) is 24.3 Å². The summed E-state index contributed by atoms with van der Waals surface area (Å²) in [6.45, 7) is 3.58. The van der Waals surface area contributed by atoms with Crippen molar-refractivity contribution >= 4 is 10.0 Å². The number of nitrogens with zero attached hydrogens (tertiary/aromatic N) is 2. The molecule has 1 fully saturated rings. The molecule has 1 spiro atoms. The maximum Gasteiger partial charge on any atom is 0.248 e. The molecule has 0 saturated carbocycles. The van der Waals surface area contributed by atoms with Crippen LogP contribution in [0.25, 0.3) is 0 Å². The first-order valence-electron chi connectivity index (χ1n) is 9.30. The number of pyridine rings is 1. The summed E-state index contributed by atoms with van der Waals surface area (Å²) in [5, 5.41) is 0. The highest BCUT2D eigenvalue weighted by Crippen LogP contribution is 2.39. The summed E-state index contributed by atoms with van der Waals surface area (Å²) < 4.78 is 45.5. The van der Waals surface area contributed by atoms with Crippen molar-refractivity contribution in [3.8, 4) is 11.8 Å². The van der Waals surface area contributed by atoms with Gasteiger partial charge in [0.15, 0.2) is 0 Å². The van der Waals surface area contributed by atoms with Crippen LogP contribution >= 0.6 is 0 Å². The summed E-state index contributed by atoms with van der Waals surface area (Å²) >= 11 is 0. The lowest BCUT2D eigenvalue weighted by Crippen LogP contribution is -2.50. The van der Waals surface area contributed by atoms with E-state index >= 15 is 0 Å². The molecule has 0 aliphatic carbocycles. The third-order valence-electron chi connectivity index (χ3n) is 5.42. The Bertz CT molecular complexity index is 970. The molecule has 1 aromatic carbocycles. The second-order valence-corrected chi connectivity index (χ2v) is 9.16. The average molecular weight is 404 g/mol. The van der Waals surface area contributed by atoms with Gasteiger partial charge in [0.1, 0.15) is 10.5 Å². The van der Waals surface area contributed by atoms with E-state index in [0.717, 1.165) is 11.1 Å². The molecular weight excluding hydrogens is 380 g/mol. The number of sulfonamides is 1. The summed E-state index contributed by atoms with van der Waals surface area (Å²) in [7, 11) is -2.29. The number of fused-ring (bicyclic) bond motifs is 1. The topological polar surface area (TPSA) is 78.0 Å². The number of hydrogen-bond donors (Lipinski definition) is 0. The van der Waals surface area contributed by atoms with Crippen LogP contribution < -0.4 is 9.47 Å². The van der Waals surface area contributed by atoms with Crippen molar-refractivity contribution in [1.82, 2.24) is 9.29 Å². The molecule has 0 radical (unpaired) electrons. The van der Waals surface area contributed by atoms with Crippen LogP contribution in [-0.4, -0.2) is 50.2 Å². The molecule has 28 heavy (non-hydrogen) atoms. The standard InChI is InChI=1S/C20H24N2O5S/c1-15-5-3-4-6-16(15)13-22-14-20(9-11-26-12-10-20)27-19-17(28(22,23)24)7-8-18(21-19)25-2/h3-8H,9-14H2,1-2H3. The van der Waals surface area contributed by atoms with E-state index in [1.807, 2.05) is 31.2 Å². The Balaban J connectivity index is 1.81. The number of rotatable bonds is 3. The fourth-order valence-corrected chi connectivity index (χ4v) is 5.24. The Labute approximate surface area is 165 Å². The van der Waals surface area contributed by atoms with Crippen molar-refractivity contribution in [3.63, 3.8) is 0 Å². The first-order chi connectivity index (χ1) is 13.4. The van der Waals surface area contributed by atoms with Crippen LogP contribution in [0.1, 0.15) is 24.0 Å². The van der Waals surface area contributed by atoms with Gasteiger partial charge in [0, 0.05) is 25.5 Å². The van der Waals surface area contributed by atoms with E-state index in [9.17, 15) is 8.42 Å². The second kappa shape index (κ2) is 7.35. The largest absolute Gasteiger partial charge is 0.481 e. The molecule has 3 heterocycles. The van der Waals surface area contributed by atoms with Crippen molar-refractivity contribution in [3.05, 3.63) is 47.5 Å². The van der Waals surface area contributed by atoms with Crippen LogP contribution in [-0.2, 0) is 21.3 Å². The lowest BCUT2D eigenvalue weighted by atomic mass is 9.93. The zero-order chi connectivity index (χ0) is 19.8. The lowest BCUT2D eigenvalue weighted by Gasteiger charge is -2.38. The minimum Gasteiger partial charge on any atom is -0.481 e. The number of aromatic nitrogens is 1. The molecule has 0 bridgehead atoms. The van der Waals surface area contributed by atoms with Gasteiger partial charge in [-0.15, -0.1) is 0 Å². The van der Waals surface area contributed by atoms with Gasteiger partial charge in [0.05, 0.1) is 26.9 Å². The highest BCUT2D eigenvalue weighted by Gasteiger charge is 2.45. The van der Waals surface area contributed by atoms with Crippen LogP contribution in [0, 0.1) is 6.92 Å². The van der Waals surface area contributed by atoms with Crippen LogP contribution in [0.5, 0.6) is 11.8 Å². The normalized spacial score (nSPS) is 20.8. The fourth-order valence-electron chi connectivity index (χ4n) is 3.70. The second-order valence-electron chi connectivity index (χ2n) is 7.25. The van der Waals surface area contributed by atoms with E-state index in [4.69, 9.17) is 14.2 Å². The minimum absolute atomic E-state index is 0.0743. The predicted octanol–water partition coefficient (Wildman–Crippen LogP) is 2.53. The monoisotopic (exact) mass is 404 g/mol. The van der Waals surface area contributed by atoms with E-state index in [2.05, 4.69) is 4.98 Å². The molecule has 1 saturated heterocycles. The van der Waals surface area contributed by atoms with Gasteiger partial charge >= 0.3 is 0 Å². The van der Waals surface area contributed by atoms with E-state index in [0.29, 0.717) is 31.9 Å². The summed E-state index contributed by atoms with van der Waals surface area (Å²) in [6.07, 6.45) is 1.20. The number of benzene rings is 1. The van der Waals surface area contributed by atoms with Crippen molar-refractivity contribution in [2.24, 2.45) is 0 Å². The molecule has 0 N–H and O–H groups in total. The summed E-state index contributed by atoms with van der Waals surface area (Å²) in [6, 6.07) is 10.9. The van der Waals surface area contributed by atoms with Gasteiger partial charge in [0.25, 0.3) is 0 Å². The number of hydrogen-bond acceptors (Lipinski definition) is 6. The Kier molecular flexibility index (Phi) is 5.03. The third-order valence-corrected chi connectivity index (χ3v) is 7.22. The lowest BCUT2D eigenvalue weighted by molar-refractivity contribution is -0.0555. The van der Waals surface area contributed by atoms with Gasteiger partial charge in [-0.3, -0.25) is 0 Å². The maximum atomic E-state index is 13.5. The Hall–Kier alpha value is -2.16. The Morgan fingerprint density at radius 3 is 2.64 bits per heavy atom. The quantitative estimate of drug-likeness (QED) is 0.782. The molecule has 0 atom stereocenters. The number of ether oxygens (including phenoxy) is 3. The molecule has 7 nitrogen and oxygen atoms in total. The average Bonchev–Trinajstić information content (AvgIpc) is 2.77. The molecular formula is C20H24N2O5S. The highest BCUT2D eigenvalue weighted by atomic mass is 32.2. The Morgan fingerprint density at radius 2 is 1.93 bits per heavy atom. The van der Waals surface area contributed by atoms with Gasteiger partial charge in [-0.25, -0.2) is 8.42 Å². The third kappa shape index (κ3) is 3.47. The minimum atomic E-state index is -3.79. The summed E-state index contributed by atoms with van der Waals surface area (Å²) in [5.41, 5.74) is 1.36. The number of methoxy groups -OCH3 is 1. The molecule has 2 aliphatic heterocycles.